The summed E-state index contributed by atoms with van der Waals surface area (Å²) in [6, 6.07) is 0. The van der Waals surface area contributed by atoms with E-state index in [0.717, 1.165) is 36.6 Å². The molecule has 0 saturated heterocycles. The van der Waals surface area contributed by atoms with Crippen molar-refractivity contribution in [1.29, 1.82) is 0 Å². The summed E-state index contributed by atoms with van der Waals surface area (Å²) in [5.74, 6) is 0.726. The Hall–Kier alpha value is -1.63. The van der Waals surface area contributed by atoms with E-state index in [2.05, 4.69) is 26.6 Å². The van der Waals surface area contributed by atoms with Crippen LogP contribution >= 0.6 is 11.5 Å². The molecule has 0 radical (unpaired) electrons. The van der Waals surface area contributed by atoms with Crippen molar-refractivity contribution in [3.8, 4) is 0 Å². The first-order valence-electron chi connectivity index (χ1n) is 5.97. The highest BCUT2D eigenvalue weighted by molar-refractivity contribution is 7.08. The van der Waals surface area contributed by atoms with E-state index >= 15 is 0 Å². The van der Waals surface area contributed by atoms with E-state index in [0.29, 0.717) is 10.7 Å². The molecule has 0 fully saturated rings. The zero-order valence-corrected chi connectivity index (χ0v) is 11.3. The highest BCUT2D eigenvalue weighted by Crippen LogP contribution is 2.14. The summed E-state index contributed by atoms with van der Waals surface area (Å²) in [5.41, 5.74) is 0.770. The van der Waals surface area contributed by atoms with Crippen LogP contribution in [0.15, 0.2) is 6.33 Å². The molecule has 0 unspecified atom stereocenters. The van der Waals surface area contributed by atoms with E-state index in [9.17, 15) is 4.79 Å². The van der Waals surface area contributed by atoms with Gasteiger partial charge in [-0.1, -0.05) is 18.3 Å². The average molecular weight is 265 g/mol. The number of aromatic nitrogens is 5. The zero-order valence-electron chi connectivity index (χ0n) is 10.5. The lowest BCUT2D eigenvalue weighted by molar-refractivity contribution is 0.0992. The Labute approximate surface area is 109 Å². The Morgan fingerprint density at radius 2 is 2.28 bits per heavy atom. The monoisotopic (exact) mass is 265 g/mol. The number of carbonyl (C=O) groups excluding carboxylic acids is 1. The number of nitrogens with zero attached hydrogens (tertiary/aromatic N) is 5. The van der Waals surface area contributed by atoms with Crippen molar-refractivity contribution in [2.45, 2.75) is 39.7 Å². The van der Waals surface area contributed by atoms with Crippen molar-refractivity contribution < 1.29 is 4.79 Å². The molecule has 0 aliphatic rings. The van der Waals surface area contributed by atoms with Crippen LogP contribution in [0.1, 0.15) is 41.5 Å². The van der Waals surface area contributed by atoms with Gasteiger partial charge in [-0.05, 0) is 24.4 Å². The minimum atomic E-state index is 0.0206. The van der Waals surface area contributed by atoms with Crippen LogP contribution in [0.2, 0.25) is 0 Å². The Kier molecular flexibility index (Phi) is 4.14. The molecule has 0 bridgehead atoms. The predicted molar refractivity (Wildman–Crippen MR) is 67.6 cm³/mol. The molecule has 0 aliphatic heterocycles. The van der Waals surface area contributed by atoms with Crippen LogP contribution in [0, 0.1) is 0 Å². The Morgan fingerprint density at radius 3 is 3.00 bits per heavy atom. The minimum Gasteiger partial charge on any atom is -0.293 e. The molecule has 7 heteroatoms. The standard InChI is InChI=1S/C11H15N5OS/c1-3-5-16-10(12-7-13-16)6-9(17)11-8(4-2)14-15-18-11/h7H,3-6H2,1-2H3. The number of hydrogen-bond acceptors (Lipinski definition) is 6. The molecule has 0 atom stereocenters. The van der Waals surface area contributed by atoms with Crippen molar-refractivity contribution in [3.63, 3.8) is 0 Å². The van der Waals surface area contributed by atoms with Crippen LogP contribution in [0.25, 0.3) is 0 Å². The minimum absolute atomic E-state index is 0.0206. The smallest absolute Gasteiger partial charge is 0.183 e. The van der Waals surface area contributed by atoms with Crippen LogP contribution in [0.3, 0.4) is 0 Å². The molecule has 0 aliphatic carbocycles. The fraction of sp³-hybridized carbons (Fsp3) is 0.545. The molecule has 0 aromatic carbocycles. The SMILES string of the molecule is CCCn1ncnc1CC(=O)c1snnc1CC. The molecule has 0 saturated carbocycles. The third-order valence-electron chi connectivity index (χ3n) is 2.59. The summed E-state index contributed by atoms with van der Waals surface area (Å²) in [4.78, 5) is 16.9. The van der Waals surface area contributed by atoms with Gasteiger partial charge in [-0.2, -0.15) is 5.10 Å². The summed E-state index contributed by atoms with van der Waals surface area (Å²) in [5, 5.41) is 8.06. The number of Topliss-reactive ketones (excluding diaryl/α,β-unsaturated/α-hetero) is 1. The number of hydrogen-bond donors (Lipinski definition) is 0. The molecule has 2 aromatic rings. The Morgan fingerprint density at radius 1 is 1.44 bits per heavy atom. The molecular formula is C11H15N5OS. The van der Waals surface area contributed by atoms with E-state index in [1.54, 1.807) is 4.68 Å². The highest BCUT2D eigenvalue weighted by Gasteiger charge is 2.17. The first-order chi connectivity index (χ1) is 8.76. The van der Waals surface area contributed by atoms with Gasteiger partial charge in [0, 0.05) is 6.54 Å². The zero-order chi connectivity index (χ0) is 13.0. The summed E-state index contributed by atoms with van der Waals surface area (Å²) in [7, 11) is 0. The van der Waals surface area contributed by atoms with Gasteiger partial charge in [-0.25, -0.2) is 9.67 Å². The molecule has 0 spiro atoms. The third kappa shape index (κ3) is 2.61. The summed E-state index contributed by atoms with van der Waals surface area (Å²) >= 11 is 1.16. The first-order valence-corrected chi connectivity index (χ1v) is 6.74. The lowest BCUT2D eigenvalue weighted by Gasteiger charge is -2.03. The van der Waals surface area contributed by atoms with Crippen molar-refractivity contribution in [2.75, 3.05) is 0 Å². The third-order valence-corrected chi connectivity index (χ3v) is 3.40. The molecule has 0 amide bonds. The predicted octanol–water partition coefficient (Wildman–Crippen LogP) is 1.53. The molecule has 6 nitrogen and oxygen atoms in total. The lowest BCUT2D eigenvalue weighted by Crippen LogP contribution is -2.11. The highest BCUT2D eigenvalue weighted by atomic mass is 32.1. The maximum absolute atomic E-state index is 12.2. The normalized spacial score (nSPS) is 10.8. The molecule has 2 heterocycles. The van der Waals surface area contributed by atoms with E-state index in [-0.39, 0.29) is 12.2 Å². The van der Waals surface area contributed by atoms with Gasteiger partial charge in [0.15, 0.2) is 5.78 Å². The largest absolute Gasteiger partial charge is 0.293 e. The fourth-order valence-electron chi connectivity index (χ4n) is 1.70. The van der Waals surface area contributed by atoms with Crippen LogP contribution in [-0.4, -0.2) is 30.1 Å². The van der Waals surface area contributed by atoms with E-state index in [1.807, 2.05) is 6.92 Å². The summed E-state index contributed by atoms with van der Waals surface area (Å²) < 4.78 is 5.61. The first kappa shape index (κ1) is 12.8. The Bertz CT molecular complexity index is 533. The van der Waals surface area contributed by atoms with Crippen LogP contribution in [0.4, 0.5) is 0 Å². The summed E-state index contributed by atoms with van der Waals surface area (Å²) in [6.07, 6.45) is 3.44. The quantitative estimate of drug-likeness (QED) is 0.740. The van der Waals surface area contributed by atoms with Gasteiger partial charge < -0.3 is 0 Å². The molecule has 0 N–H and O–H groups in total. The second kappa shape index (κ2) is 5.81. The van der Waals surface area contributed by atoms with Crippen molar-refractivity contribution in [3.05, 3.63) is 22.7 Å². The fourth-order valence-corrected chi connectivity index (χ4v) is 2.38. The van der Waals surface area contributed by atoms with Gasteiger partial charge in [0.25, 0.3) is 0 Å². The van der Waals surface area contributed by atoms with E-state index in [4.69, 9.17) is 0 Å². The molecule has 96 valence electrons. The maximum atomic E-state index is 12.2. The number of rotatable bonds is 6. The van der Waals surface area contributed by atoms with E-state index in [1.165, 1.54) is 6.33 Å². The van der Waals surface area contributed by atoms with Gasteiger partial charge in [-0.3, -0.25) is 4.79 Å². The van der Waals surface area contributed by atoms with Gasteiger partial charge in [-0.15, -0.1) is 5.10 Å². The molecule has 2 rings (SSSR count). The number of carbonyl (C=O) groups is 1. The molecule has 18 heavy (non-hydrogen) atoms. The van der Waals surface area contributed by atoms with Crippen molar-refractivity contribution in [2.24, 2.45) is 0 Å². The van der Waals surface area contributed by atoms with Crippen LogP contribution in [0.5, 0.6) is 0 Å². The van der Waals surface area contributed by atoms with Crippen molar-refractivity contribution >= 4 is 17.3 Å². The van der Waals surface area contributed by atoms with Gasteiger partial charge in [0.2, 0.25) is 0 Å². The second-order valence-electron chi connectivity index (χ2n) is 3.90. The number of ketones is 1. The maximum Gasteiger partial charge on any atom is 0.183 e. The molecular weight excluding hydrogens is 250 g/mol. The van der Waals surface area contributed by atoms with Crippen LogP contribution in [-0.2, 0) is 19.4 Å². The molecule has 2 aromatic heterocycles. The topological polar surface area (TPSA) is 73.6 Å². The lowest BCUT2D eigenvalue weighted by atomic mass is 10.2. The van der Waals surface area contributed by atoms with Crippen LogP contribution < -0.4 is 0 Å². The number of aryl methyl sites for hydroxylation is 2. The second-order valence-corrected chi connectivity index (χ2v) is 4.66. The van der Waals surface area contributed by atoms with Gasteiger partial charge in [0.05, 0.1) is 12.1 Å². The van der Waals surface area contributed by atoms with Gasteiger partial charge in [0.1, 0.15) is 17.0 Å². The average Bonchev–Trinajstić information content (AvgIpc) is 2.98. The Balaban J connectivity index is 2.14. The summed E-state index contributed by atoms with van der Waals surface area (Å²) in [6.45, 7) is 4.81. The van der Waals surface area contributed by atoms with Crippen molar-refractivity contribution in [1.82, 2.24) is 24.4 Å². The van der Waals surface area contributed by atoms with Gasteiger partial charge >= 0.3 is 0 Å². The van der Waals surface area contributed by atoms with E-state index < -0.39 is 0 Å².